The van der Waals surface area contributed by atoms with Gasteiger partial charge in [-0.3, -0.25) is 0 Å². The lowest BCUT2D eigenvalue weighted by Gasteiger charge is -2.34. The largest absolute Gasteiger partial charge is 0.397 e. The zero-order valence-electron chi connectivity index (χ0n) is 11.7. The number of nitrogens with two attached hydrogens (primary N) is 1. The summed E-state index contributed by atoms with van der Waals surface area (Å²) in [7, 11) is 4.30. The second-order valence-electron chi connectivity index (χ2n) is 5.54. The van der Waals surface area contributed by atoms with Crippen molar-refractivity contribution in [3.8, 4) is 0 Å². The molecule has 2 heterocycles. The van der Waals surface area contributed by atoms with Crippen molar-refractivity contribution in [2.75, 3.05) is 44.4 Å². The first-order valence-electron chi connectivity index (χ1n) is 6.69. The van der Waals surface area contributed by atoms with Gasteiger partial charge in [-0.25, -0.2) is 4.98 Å². The van der Waals surface area contributed by atoms with Gasteiger partial charge >= 0.3 is 0 Å². The third-order valence-electron chi connectivity index (χ3n) is 3.67. The number of nitrogen functional groups attached to an aromatic ring is 1. The molecule has 2 N–H and O–H groups in total. The molecule has 1 aromatic heterocycles. The number of hydrogen-bond donors (Lipinski definition) is 1. The number of aryl methyl sites for hydroxylation is 1. The van der Waals surface area contributed by atoms with Crippen LogP contribution < -0.4 is 10.6 Å². The summed E-state index contributed by atoms with van der Waals surface area (Å²) in [5.74, 6) is 1.90. The number of hydrogen-bond acceptors (Lipinski definition) is 4. The standard InChI is InChI=1S/C14H24N4/c1-11-13(15)4-5-14(16-11)18-8-6-12(7-9-18)10-17(2)3/h4-5,12H,6-10,15H2,1-3H3. The van der Waals surface area contributed by atoms with Crippen LogP contribution in [-0.2, 0) is 0 Å². The molecule has 4 heteroatoms. The zero-order chi connectivity index (χ0) is 13.1. The summed E-state index contributed by atoms with van der Waals surface area (Å²) in [4.78, 5) is 9.23. The van der Waals surface area contributed by atoms with Gasteiger partial charge in [-0.05, 0) is 51.9 Å². The van der Waals surface area contributed by atoms with E-state index in [0.29, 0.717) is 0 Å². The molecule has 0 radical (unpaired) electrons. The van der Waals surface area contributed by atoms with Crippen molar-refractivity contribution in [1.29, 1.82) is 0 Å². The molecule has 4 nitrogen and oxygen atoms in total. The highest BCUT2D eigenvalue weighted by atomic mass is 15.2. The van der Waals surface area contributed by atoms with E-state index in [1.807, 2.05) is 19.1 Å². The van der Waals surface area contributed by atoms with Gasteiger partial charge in [-0.15, -0.1) is 0 Å². The van der Waals surface area contributed by atoms with Gasteiger partial charge in [0.25, 0.3) is 0 Å². The van der Waals surface area contributed by atoms with Crippen LogP contribution in [0.2, 0.25) is 0 Å². The lowest BCUT2D eigenvalue weighted by molar-refractivity contribution is 0.284. The number of anilines is 2. The lowest BCUT2D eigenvalue weighted by Crippen LogP contribution is -2.37. The average molecular weight is 248 g/mol. The Hall–Kier alpha value is -1.29. The molecule has 0 bridgehead atoms. The van der Waals surface area contributed by atoms with Crippen LogP contribution in [0.1, 0.15) is 18.5 Å². The monoisotopic (exact) mass is 248 g/mol. The predicted octanol–water partition coefficient (Wildman–Crippen LogP) is 1.75. The van der Waals surface area contributed by atoms with E-state index >= 15 is 0 Å². The fraction of sp³-hybridized carbons (Fsp3) is 0.643. The average Bonchev–Trinajstić information content (AvgIpc) is 2.33. The fourth-order valence-corrected chi connectivity index (χ4v) is 2.60. The van der Waals surface area contributed by atoms with Gasteiger partial charge in [0.2, 0.25) is 0 Å². The van der Waals surface area contributed by atoms with Crippen molar-refractivity contribution in [3.63, 3.8) is 0 Å². The Morgan fingerprint density at radius 2 is 2.00 bits per heavy atom. The van der Waals surface area contributed by atoms with Crippen LogP contribution in [-0.4, -0.2) is 43.6 Å². The van der Waals surface area contributed by atoms with E-state index in [9.17, 15) is 0 Å². The smallest absolute Gasteiger partial charge is 0.128 e. The summed E-state index contributed by atoms with van der Waals surface area (Å²) in [6, 6.07) is 4.00. The molecule has 1 fully saturated rings. The van der Waals surface area contributed by atoms with E-state index in [0.717, 1.165) is 36.2 Å². The van der Waals surface area contributed by atoms with Crippen LogP contribution >= 0.6 is 0 Å². The third kappa shape index (κ3) is 3.13. The van der Waals surface area contributed by atoms with Crippen molar-refractivity contribution in [2.45, 2.75) is 19.8 Å². The predicted molar refractivity (Wildman–Crippen MR) is 76.9 cm³/mol. The molecule has 0 aromatic carbocycles. The molecule has 1 aromatic rings. The van der Waals surface area contributed by atoms with Crippen molar-refractivity contribution < 1.29 is 0 Å². The Balaban J connectivity index is 1.94. The molecule has 100 valence electrons. The summed E-state index contributed by atoms with van der Waals surface area (Å²) >= 11 is 0. The Labute approximate surface area is 110 Å². The molecule has 0 amide bonds. The first kappa shape index (κ1) is 13.1. The third-order valence-corrected chi connectivity index (χ3v) is 3.67. The molecule has 1 aliphatic rings. The summed E-state index contributed by atoms with van der Waals surface area (Å²) < 4.78 is 0. The number of nitrogens with zero attached hydrogens (tertiary/aromatic N) is 3. The molecule has 18 heavy (non-hydrogen) atoms. The summed E-state index contributed by atoms with van der Waals surface area (Å²) in [5, 5.41) is 0. The van der Waals surface area contributed by atoms with Crippen LogP contribution in [0.3, 0.4) is 0 Å². The van der Waals surface area contributed by atoms with Gasteiger partial charge in [-0.2, -0.15) is 0 Å². The molecular weight excluding hydrogens is 224 g/mol. The van der Waals surface area contributed by atoms with Crippen LogP contribution in [0.15, 0.2) is 12.1 Å². The highest BCUT2D eigenvalue weighted by Crippen LogP contribution is 2.23. The normalized spacial score (nSPS) is 17.4. The maximum Gasteiger partial charge on any atom is 0.128 e. The van der Waals surface area contributed by atoms with Gasteiger partial charge in [0.1, 0.15) is 5.82 Å². The molecule has 0 aliphatic carbocycles. The van der Waals surface area contributed by atoms with Gasteiger partial charge in [-0.1, -0.05) is 0 Å². The van der Waals surface area contributed by atoms with E-state index < -0.39 is 0 Å². The first-order chi connectivity index (χ1) is 8.56. The maximum absolute atomic E-state index is 5.81. The number of rotatable bonds is 3. The number of pyridine rings is 1. The van der Waals surface area contributed by atoms with Gasteiger partial charge in [0.15, 0.2) is 0 Å². The van der Waals surface area contributed by atoms with Crippen LogP contribution in [0.4, 0.5) is 11.5 Å². The Morgan fingerprint density at radius 3 is 2.56 bits per heavy atom. The second kappa shape index (κ2) is 5.57. The van der Waals surface area contributed by atoms with E-state index in [-0.39, 0.29) is 0 Å². The molecule has 2 rings (SSSR count). The zero-order valence-corrected chi connectivity index (χ0v) is 11.7. The SMILES string of the molecule is Cc1nc(N2CCC(CN(C)C)CC2)ccc1N. The minimum Gasteiger partial charge on any atom is -0.397 e. The van der Waals surface area contributed by atoms with Gasteiger partial charge in [0.05, 0.1) is 11.4 Å². The van der Waals surface area contributed by atoms with Crippen LogP contribution in [0, 0.1) is 12.8 Å². The van der Waals surface area contributed by atoms with E-state index in [2.05, 4.69) is 28.9 Å². The quantitative estimate of drug-likeness (QED) is 0.885. The van der Waals surface area contributed by atoms with Crippen LogP contribution in [0.25, 0.3) is 0 Å². The Bertz CT molecular complexity index is 395. The van der Waals surface area contributed by atoms with Crippen molar-refractivity contribution in [3.05, 3.63) is 17.8 Å². The molecular formula is C14H24N4. The molecule has 0 spiro atoms. The highest BCUT2D eigenvalue weighted by molar-refractivity contribution is 5.50. The number of aromatic nitrogens is 1. The summed E-state index contributed by atoms with van der Waals surface area (Å²) in [6.07, 6.45) is 2.51. The van der Waals surface area contributed by atoms with Crippen molar-refractivity contribution >= 4 is 11.5 Å². The molecule has 0 saturated carbocycles. The van der Waals surface area contributed by atoms with E-state index in [1.165, 1.54) is 19.4 Å². The lowest BCUT2D eigenvalue weighted by atomic mass is 9.96. The minimum atomic E-state index is 0.779. The van der Waals surface area contributed by atoms with Crippen LogP contribution in [0.5, 0.6) is 0 Å². The Kier molecular flexibility index (Phi) is 4.07. The van der Waals surface area contributed by atoms with Crippen molar-refractivity contribution in [2.24, 2.45) is 5.92 Å². The molecule has 0 unspecified atom stereocenters. The highest BCUT2D eigenvalue weighted by Gasteiger charge is 2.20. The summed E-state index contributed by atoms with van der Waals surface area (Å²) in [5.41, 5.74) is 7.52. The fourth-order valence-electron chi connectivity index (χ4n) is 2.60. The molecule has 1 aliphatic heterocycles. The van der Waals surface area contributed by atoms with E-state index in [1.54, 1.807) is 0 Å². The molecule has 0 atom stereocenters. The second-order valence-corrected chi connectivity index (χ2v) is 5.54. The molecule has 1 saturated heterocycles. The van der Waals surface area contributed by atoms with E-state index in [4.69, 9.17) is 5.73 Å². The topological polar surface area (TPSA) is 45.4 Å². The van der Waals surface area contributed by atoms with Crippen molar-refractivity contribution in [1.82, 2.24) is 9.88 Å². The minimum absolute atomic E-state index is 0.779. The number of piperidine rings is 1. The first-order valence-corrected chi connectivity index (χ1v) is 6.69. The Morgan fingerprint density at radius 1 is 1.33 bits per heavy atom. The maximum atomic E-state index is 5.81. The summed E-state index contributed by atoms with van der Waals surface area (Å²) in [6.45, 7) is 5.38. The van der Waals surface area contributed by atoms with Gasteiger partial charge in [0, 0.05) is 19.6 Å². The van der Waals surface area contributed by atoms with Gasteiger partial charge < -0.3 is 15.5 Å².